The van der Waals surface area contributed by atoms with Gasteiger partial charge in [-0.1, -0.05) is 19.1 Å². The average molecular weight is 481 g/mol. The summed E-state index contributed by atoms with van der Waals surface area (Å²) in [6, 6.07) is 3.13. The van der Waals surface area contributed by atoms with Crippen LogP contribution >= 0.6 is 12.4 Å². The molecule has 4 rings (SSSR count). The molecule has 1 aromatic rings. The van der Waals surface area contributed by atoms with Crippen molar-refractivity contribution in [3.8, 4) is 5.75 Å². The molecule has 0 heterocycles. The molecule has 0 aromatic heterocycles. The quantitative estimate of drug-likeness (QED) is 0.315. The predicted octanol–water partition coefficient (Wildman–Crippen LogP) is -0.0824. The van der Waals surface area contributed by atoms with Gasteiger partial charge in [0.1, 0.15) is 22.8 Å². The molecule has 0 aliphatic heterocycles. The molecule has 11 heteroatoms. The van der Waals surface area contributed by atoms with Crippen molar-refractivity contribution < 1.29 is 39.9 Å². The summed E-state index contributed by atoms with van der Waals surface area (Å²) in [4.78, 5) is 40.0. The highest BCUT2D eigenvalue weighted by molar-refractivity contribution is 6.24. The highest BCUT2D eigenvalue weighted by Gasteiger charge is 2.68. The van der Waals surface area contributed by atoms with E-state index in [1.54, 1.807) is 19.1 Å². The van der Waals surface area contributed by atoms with Gasteiger partial charge in [0, 0.05) is 11.5 Å². The first kappa shape index (κ1) is 24.7. The number of Topliss-reactive ketones (excluding diaryl/α,β-unsaturated/α-hetero) is 2. The molecular formula is C22H25ClN2O8. The summed E-state index contributed by atoms with van der Waals surface area (Å²) in [6.07, 6.45) is -1.59. The third-order valence-electron chi connectivity index (χ3n) is 6.99. The number of aliphatic hydroxyl groups is 4. The van der Waals surface area contributed by atoms with Crippen LogP contribution in [0.2, 0.25) is 0 Å². The fraction of sp³-hybridized carbons (Fsp3) is 0.409. The van der Waals surface area contributed by atoms with E-state index in [2.05, 4.69) is 0 Å². The van der Waals surface area contributed by atoms with Gasteiger partial charge in [-0.2, -0.15) is 0 Å². The van der Waals surface area contributed by atoms with Crippen LogP contribution in [0.4, 0.5) is 0 Å². The third-order valence-corrected chi connectivity index (χ3v) is 6.99. The van der Waals surface area contributed by atoms with Gasteiger partial charge < -0.3 is 31.3 Å². The SMILES string of the molecule is C[C@@H]1c2cccc(O)c2C(O)=C2C(=O)[C@]3(O)C(O)=C(C(N)=O)C(=O)[C@@H](N(C)C)[C@H]3[C@@H](O)[C@H]21.Cl. The molecule has 1 saturated carbocycles. The number of phenolic OH excluding ortho intramolecular Hbond substituents is 1. The standard InChI is InChI=1S/C22H24N2O8.ClH/c1-7-8-5-4-6-9(25)11(8)16(26)12-10(7)17(27)14-15(24(2)3)18(28)13(21(23)31)20(30)22(14,32)19(12)29;/h4-7,10,14-15,17,25-27,30,32H,1-3H3,(H2,23,31);1H/t7-,10+,14+,15+,17+,22+;/m1./s1. The summed E-state index contributed by atoms with van der Waals surface area (Å²) in [5.41, 5.74) is 1.47. The molecule has 6 atom stereocenters. The highest BCUT2D eigenvalue weighted by Crippen LogP contribution is 2.55. The number of primary amides is 1. The molecule has 1 fully saturated rings. The van der Waals surface area contributed by atoms with Crippen LogP contribution in [0.15, 0.2) is 35.1 Å². The van der Waals surface area contributed by atoms with E-state index in [4.69, 9.17) is 5.73 Å². The number of likely N-dealkylation sites (N-methyl/N-ethyl adjacent to an activating group) is 1. The van der Waals surface area contributed by atoms with Crippen molar-refractivity contribution in [2.24, 2.45) is 17.6 Å². The molecule has 178 valence electrons. The molecule has 3 aliphatic rings. The van der Waals surface area contributed by atoms with Crippen LogP contribution in [0.3, 0.4) is 0 Å². The number of aliphatic hydroxyl groups excluding tert-OH is 3. The summed E-state index contributed by atoms with van der Waals surface area (Å²) < 4.78 is 0. The number of ketones is 2. The molecule has 3 aliphatic carbocycles. The Morgan fingerprint density at radius 2 is 1.76 bits per heavy atom. The average Bonchev–Trinajstić information content (AvgIpc) is 2.70. The third kappa shape index (κ3) is 2.95. The molecule has 33 heavy (non-hydrogen) atoms. The Hall–Kier alpha value is -2.92. The van der Waals surface area contributed by atoms with Gasteiger partial charge in [0.2, 0.25) is 5.78 Å². The molecule has 10 nitrogen and oxygen atoms in total. The van der Waals surface area contributed by atoms with Gasteiger partial charge in [0.05, 0.1) is 23.6 Å². The van der Waals surface area contributed by atoms with Crippen molar-refractivity contribution in [2.45, 2.75) is 30.6 Å². The Balaban J connectivity index is 0.00000306. The van der Waals surface area contributed by atoms with Gasteiger partial charge in [-0.25, -0.2) is 0 Å². The Labute approximate surface area is 195 Å². The zero-order valence-electron chi connectivity index (χ0n) is 18.0. The lowest BCUT2D eigenvalue weighted by atomic mass is 9.54. The summed E-state index contributed by atoms with van der Waals surface area (Å²) in [6.45, 7) is 1.68. The molecule has 1 aromatic carbocycles. The number of hydrogen-bond acceptors (Lipinski definition) is 9. The second-order valence-corrected chi connectivity index (χ2v) is 8.79. The van der Waals surface area contributed by atoms with E-state index >= 15 is 0 Å². The second-order valence-electron chi connectivity index (χ2n) is 8.79. The van der Waals surface area contributed by atoms with E-state index < -0.39 is 75.6 Å². The first-order valence-corrected chi connectivity index (χ1v) is 10.0. The first-order valence-electron chi connectivity index (χ1n) is 10.0. The largest absolute Gasteiger partial charge is 0.508 e. The van der Waals surface area contributed by atoms with Crippen molar-refractivity contribution in [3.05, 3.63) is 46.2 Å². The number of amides is 1. The van der Waals surface area contributed by atoms with Crippen molar-refractivity contribution in [1.82, 2.24) is 4.90 Å². The van der Waals surface area contributed by atoms with E-state index in [0.29, 0.717) is 5.56 Å². The molecule has 0 saturated heterocycles. The Morgan fingerprint density at radius 3 is 2.30 bits per heavy atom. The molecule has 7 N–H and O–H groups in total. The Kier molecular flexibility index (Phi) is 5.87. The number of fused-ring (bicyclic) bond motifs is 3. The minimum Gasteiger partial charge on any atom is -0.508 e. The number of carbonyl (C=O) groups excluding carboxylic acids is 3. The van der Waals surface area contributed by atoms with Gasteiger partial charge in [0.15, 0.2) is 11.4 Å². The molecule has 0 spiro atoms. The monoisotopic (exact) mass is 480 g/mol. The maximum Gasteiger partial charge on any atom is 0.255 e. The van der Waals surface area contributed by atoms with Gasteiger partial charge in [-0.05, 0) is 31.6 Å². The maximum absolute atomic E-state index is 13.7. The van der Waals surface area contributed by atoms with E-state index in [0.717, 1.165) is 0 Å². The number of halogens is 1. The van der Waals surface area contributed by atoms with Crippen molar-refractivity contribution in [3.63, 3.8) is 0 Å². The lowest BCUT2D eigenvalue weighted by molar-refractivity contribution is -0.169. The van der Waals surface area contributed by atoms with E-state index in [9.17, 15) is 39.9 Å². The van der Waals surface area contributed by atoms with Crippen molar-refractivity contribution in [2.75, 3.05) is 14.1 Å². The molecule has 0 unspecified atom stereocenters. The van der Waals surface area contributed by atoms with Crippen molar-refractivity contribution >= 4 is 35.6 Å². The molecular weight excluding hydrogens is 456 g/mol. The van der Waals surface area contributed by atoms with Crippen LogP contribution in [0, 0.1) is 11.8 Å². The smallest absolute Gasteiger partial charge is 0.255 e. The van der Waals surface area contributed by atoms with E-state index in [1.165, 1.54) is 25.1 Å². The highest BCUT2D eigenvalue weighted by atomic mass is 35.5. The minimum atomic E-state index is -2.89. The summed E-state index contributed by atoms with van der Waals surface area (Å²) >= 11 is 0. The lowest BCUT2D eigenvalue weighted by Gasteiger charge is -2.53. The first-order chi connectivity index (χ1) is 14.9. The number of phenols is 1. The number of rotatable bonds is 2. The van der Waals surface area contributed by atoms with E-state index in [-0.39, 0.29) is 23.7 Å². The minimum absolute atomic E-state index is 0. The van der Waals surface area contributed by atoms with Crippen LogP contribution in [-0.4, -0.2) is 79.7 Å². The summed E-state index contributed by atoms with van der Waals surface area (Å²) in [5, 5.41) is 54.9. The van der Waals surface area contributed by atoms with Crippen LogP contribution in [0.1, 0.15) is 24.0 Å². The normalized spacial score (nSPS) is 33.3. The number of hydrogen-bond donors (Lipinski definition) is 6. The Bertz CT molecular complexity index is 1140. The number of nitrogens with two attached hydrogens (primary N) is 1. The zero-order chi connectivity index (χ0) is 23.9. The topological polar surface area (TPSA) is 182 Å². The summed E-state index contributed by atoms with van der Waals surface area (Å²) in [5.74, 6) is -8.87. The number of benzene rings is 1. The number of nitrogens with zero attached hydrogens (tertiary/aromatic N) is 1. The number of carbonyl (C=O) groups is 3. The van der Waals surface area contributed by atoms with Crippen LogP contribution in [0.25, 0.3) is 5.76 Å². The lowest BCUT2D eigenvalue weighted by Crippen LogP contribution is -2.70. The maximum atomic E-state index is 13.7. The van der Waals surface area contributed by atoms with E-state index in [1.807, 2.05) is 0 Å². The fourth-order valence-electron chi connectivity index (χ4n) is 5.58. The van der Waals surface area contributed by atoms with Crippen LogP contribution in [-0.2, 0) is 14.4 Å². The van der Waals surface area contributed by atoms with Crippen LogP contribution in [0.5, 0.6) is 5.75 Å². The van der Waals surface area contributed by atoms with Crippen LogP contribution < -0.4 is 5.73 Å². The van der Waals surface area contributed by atoms with Gasteiger partial charge in [-0.3, -0.25) is 19.3 Å². The molecule has 0 radical (unpaired) electrons. The molecule has 1 amide bonds. The zero-order valence-corrected chi connectivity index (χ0v) is 18.8. The second kappa shape index (κ2) is 7.84. The summed E-state index contributed by atoms with van der Waals surface area (Å²) in [7, 11) is 2.92. The van der Waals surface area contributed by atoms with Gasteiger partial charge >= 0.3 is 0 Å². The molecule has 0 bridgehead atoms. The van der Waals surface area contributed by atoms with Crippen molar-refractivity contribution in [1.29, 1.82) is 0 Å². The van der Waals surface area contributed by atoms with Gasteiger partial charge in [0.25, 0.3) is 5.91 Å². The van der Waals surface area contributed by atoms with Gasteiger partial charge in [-0.15, -0.1) is 12.4 Å². The predicted molar refractivity (Wildman–Crippen MR) is 118 cm³/mol. The fourth-order valence-corrected chi connectivity index (χ4v) is 5.58. The number of aromatic hydroxyl groups is 1. The Morgan fingerprint density at radius 1 is 1.15 bits per heavy atom.